The molecule has 2 aromatic rings. The van der Waals surface area contributed by atoms with E-state index >= 15 is 0 Å². The van der Waals surface area contributed by atoms with Gasteiger partial charge < -0.3 is 14.1 Å². The average molecular weight is 264 g/mol. The van der Waals surface area contributed by atoms with Crippen LogP contribution in [0.4, 0.5) is 5.69 Å². The van der Waals surface area contributed by atoms with Crippen LogP contribution in [0.3, 0.4) is 0 Å². The van der Waals surface area contributed by atoms with E-state index in [9.17, 15) is 9.59 Å². The number of esters is 1. The molecule has 0 unspecified atom stereocenters. The normalized spacial score (nSPS) is 10.6. The molecule has 1 heterocycles. The summed E-state index contributed by atoms with van der Waals surface area (Å²) in [6.45, 7) is 0.725. The van der Waals surface area contributed by atoms with Crippen molar-refractivity contribution in [3.8, 4) is 0 Å². The molecule has 0 spiro atoms. The van der Waals surface area contributed by atoms with Crippen molar-refractivity contribution < 1.29 is 13.9 Å². The van der Waals surface area contributed by atoms with Crippen LogP contribution in [0.15, 0.2) is 27.4 Å². The van der Waals surface area contributed by atoms with Crippen molar-refractivity contribution in [3.05, 3.63) is 28.7 Å². The van der Waals surface area contributed by atoms with Gasteiger partial charge in [0.2, 0.25) is 0 Å². The molecule has 0 aliphatic heterocycles. The molecule has 0 fully saturated rings. The SMILES string of the molecule is COC(=O)CCCN(C)c1ccc2oc(=O)[nH]c2c1. The lowest BCUT2D eigenvalue weighted by atomic mass is 10.2. The summed E-state index contributed by atoms with van der Waals surface area (Å²) in [4.78, 5) is 26.7. The fourth-order valence-electron chi connectivity index (χ4n) is 1.87. The number of anilines is 1. The second-order valence-corrected chi connectivity index (χ2v) is 4.30. The molecule has 1 N–H and O–H groups in total. The van der Waals surface area contributed by atoms with Gasteiger partial charge in [0, 0.05) is 25.7 Å². The number of rotatable bonds is 5. The monoisotopic (exact) mass is 264 g/mol. The molecule has 0 amide bonds. The number of ether oxygens (including phenoxy) is 1. The number of aromatic nitrogens is 1. The van der Waals surface area contributed by atoms with Gasteiger partial charge in [-0.05, 0) is 24.6 Å². The third-order valence-corrected chi connectivity index (χ3v) is 2.95. The van der Waals surface area contributed by atoms with Crippen molar-refractivity contribution >= 4 is 22.8 Å². The van der Waals surface area contributed by atoms with Crippen molar-refractivity contribution in [1.29, 1.82) is 0 Å². The van der Waals surface area contributed by atoms with E-state index in [1.165, 1.54) is 7.11 Å². The number of H-pyrrole nitrogens is 1. The Kier molecular flexibility index (Phi) is 3.89. The Hall–Kier alpha value is -2.24. The second kappa shape index (κ2) is 5.60. The van der Waals surface area contributed by atoms with Crippen LogP contribution in [0.25, 0.3) is 11.1 Å². The smallest absolute Gasteiger partial charge is 0.417 e. The van der Waals surface area contributed by atoms with Crippen molar-refractivity contribution in [2.75, 3.05) is 25.6 Å². The van der Waals surface area contributed by atoms with Gasteiger partial charge in [-0.1, -0.05) is 0 Å². The maximum absolute atomic E-state index is 11.1. The molecular weight excluding hydrogens is 248 g/mol. The third kappa shape index (κ3) is 3.15. The molecule has 0 aliphatic carbocycles. The zero-order valence-electron chi connectivity index (χ0n) is 10.9. The lowest BCUT2D eigenvalue weighted by Crippen LogP contribution is -2.19. The number of carbonyl (C=O) groups is 1. The van der Waals surface area contributed by atoms with E-state index in [2.05, 4.69) is 9.72 Å². The van der Waals surface area contributed by atoms with E-state index in [4.69, 9.17) is 4.42 Å². The summed E-state index contributed by atoms with van der Waals surface area (Å²) < 4.78 is 9.53. The van der Waals surface area contributed by atoms with E-state index < -0.39 is 5.76 Å². The highest BCUT2D eigenvalue weighted by Gasteiger charge is 2.07. The first kappa shape index (κ1) is 13.2. The maximum atomic E-state index is 11.1. The number of oxazole rings is 1. The lowest BCUT2D eigenvalue weighted by Gasteiger charge is -2.18. The van der Waals surface area contributed by atoms with Crippen LogP contribution < -0.4 is 10.7 Å². The highest BCUT2D eigenvalue weighted by atomic mass is 16.5. The number of benzene rings is 1. The number of methoxy groups -OCH3 is 1. The van der Waals surface area contributed by atoms with Crippen molar-refractivity contribution in [2.24, 2.45) is 0 Å². The number of aromatic amines is 1. The van der Waals surface area contributed by atoms with Crippen molar-refractivity contribution in [2.45, 2.75) is 12.8 Å². The van der Waals surface area contributed by atoms with Gasteiger partial charge >= 0.3 is 11.7 Å². The third-order valence-electron chi connectivity index (χ3n) is 2.95. The minimum absolute atomic E-state index is 0.206. The van der Waals surface area contributed by atoms with E-state index in [0.29, 0.717) is 23.9 Å². The summed E-state index contributed by atoms with van der Waals surface area (Å²) in [7, 11) is 3.31. The van der Waals surface area contributed by atoms with Crippen LogP contribution in [-0.4, -0.2) is 31.7 Å². The molecule has 1 aromatic heterocycles. The summed E-state index contributed by atoms with van der Waals surface area (Å²) in [5, 5.41) is 0. The Labute approximate surface area is 110 Å². The molecule has 102 valence electrons. The lowest BCUT2D eigenvalue weighted by molar-refractivity contribution is -0.140. The molecule has 0 aliphatic rings. The average Bonchev–Trinajstić information content (AvgIpc) is 2.77. The highest BCUT2D eigenvalue weighted by Crippen LogP contribution is 2.19. The van der Waals surface area contributed by atoms with Crippen molar-refractivity contribution in [1.82, 2.24) is 4.98 Å². The predicted molar refractivity (Wildman–Crippen MR) is 71.4 cm³/mol. The Morgan fingerprint density at radius 3 is 3.00 bits per heavy atom. The molecule has 0 atom stereocenters. The number of nitrogens with zero attached hydrogens (tertiary/aromatic N) is 1. The van der Waals surface area contributed by atoms with Gasteiger partial charge in [0.25, 0.3) is 0 Å². The second-order valence-electron chi connectivity index (χ2n) is 4.30. The van der Waals surface area contributed by atoms with Crippen LogP contribution in [0.1, 0.15) is 12.8 Å². The highest BCUT2D eigenvalue weighted by molar-refractivity contribution is 5.77. The summed E-state index contributed by atoms with van der Waals surface area (Å²) in [6, 6.07) is 5.47. The number of fused-ring (bicyclic) bond motifs is 1. The van der Waals surface area contributed by atoms with Gasteiger partial charge in [0.1, 0.15) is 0 Å². The Balaban J connectivity index is 2.02. The minimum atomic E-state index is -0.458. The van der Waals surface area contributed by atoms with Crippen LogP contribution in [0, 0.1) is 0 Å². The predicted octanol–water partition coefficient (Wildman–Crippen LogP) is 1.51. The molecule has 6 nitrogen and oxygen atoms in total. The number of carbonyl (C=O) groups excluding carboxylic acids is 1. The fourth-order valence-corrected chi connectivity index (χ4v) is 1.87. The molecule has 0 saturated heterocycles. The van der Waals surface area contributed by atoms with Gasteiger partial charge in [-0.3, -0.25) is 9.78 Å². The molecule has 2 rings (SSSR count). The Bertz CT molecular complexity index is 629. The zero-order valence-corrected chi connectivity index (χ0v) is 10.9. The maximum Gasteiger partial charge on any atom is 0.417 e. The number of hydrogen-bond acceptors (Lipinski definition) is 5. The van der Waals surface area contributed by atoms with Gasteiger partial charge in [-0.2, -0.15) is 0 Å². The molecule has 19 heavy (non-hydrogen) atoms. The van der Waals surface area contributed by atoms with Crippen LogP contribution in [-0.2, 0) is 9.53 Å². The molecule has 0 saturated carbocycles. The van der Waals surface area contributed by atoms with Crippen LogP contribution in [0.2, 0.25) is 0 Å². The van der Waals surface area contributed by atoms with E-state index in [0.717, 1.165) is 12.2 Å². The fraction of sp³-hybridized carbons (Fsp3) is 0.385. The summed E-state index contributed by atoms with van der Waals surface area (Å²) in [6.07, 6.45) is 1.11. The quantitative estimate of drug-likeness (QED) is 0.828. The largest absolute Gasteiger partial charge is 0.469 e. The zero-order chi connectivity index (χ0) is 13.8. The Morgan fingerprint density at radius 1 is 1.47 bits per heavy atom. The molecule has 0 bridgehead atoms. The first-order chi connectivity index (χ1) is 9.10. The van der Waals surface area contributed by atoms with Crippen LogP contribution >= 0.6 is 0 Å². The van der Waals surface area contributed by atoms with E-state index in [1.54, 1.807) is 6.07 Å². The summed E-state index contributed by atoms with van der Waals surface area (Å²) in [5.74, 6) is -0.663. The Morgan fingerprint density at radius 2 is 2.26 bits per heavy atom. The van der Waals surface area contributed by atoms with Crippen molar-refractivity contribution in [3.63, 3.8) is 0 Å². The van der Waals surface area contributed by atoms with E-state index in [-0.39, 0.29) is 5.97 Å². The van der Waals surface area contributed by atoms with E-state index in [1.807, 2.05) is 24.1 Å². The minimum Gasteiger partial charge on any atom is -0.469 e. The standard InChI is InChI=1S/C13H16N2O4/c1-15(7-3-4-12(16)18-2)9-5-6-11-10(8-9)14-13(17)19-11/h5-6,8H,3-4,7H2,1-2H3,(H,14,17). The first-order valence-electron chi connectivity index (χ1n) is 6.01. The van der Waals surface area contributed by atoms with Gasteiger partial charge in [-0.15, -0.1) is 0 Å². The first-order valence-corrected chi connectivity index (χ1v) is 6.01. The summed E-state index contributed by atoms with van der Waals surface area (Å²) >= 11 is 0. The molecule has 1 aromatic carbocycles. The van der Waals surface area contributed by atoms with Gasteiger partial charge in [0.05, 0.1) is 12.6 Å². The summed E-state index contributed by atoms with van der Waals surface area (Å²) in [5.41, 5.74) is 2.16. The van der Waals surface area contributed by atoms with Crippen LogP contribution in [0.5, 0.6) is 0 Å². The molecule has 6 heteroatoms. The number of nitrogens with one attached hydrogen (secondary N) is 1. The van der Waals surface area contributed by atoms with Gasteiger partial charge in [-0.25, -0.2) is 4.79 Å². The molecular formula is C13H16N2O4. The van der Waals surface area contributed by atoms with Gasteiger partial charge in [0.15, 0.2) is 5.58 Å². The molecule has 0 radical (unpaired) electrons. The number of hydrogen-bond donors (Lipinski definition) is 1. The topological polar surface area (TPSA) is 75.5 Å².